The van der Waals surface area contributed by atoms with Gasteiger partial charge in [-0.3, -0.25) is 9.38 Å². The van der Waals surface area contributed by atoms with Crippen LogP contribution in [0, 0.1) is 0 Å². The molecule has 1 saturated heterocycles. The van der Waals surface area contributed by atoms with Gasteiger partial charge in [-0.2, -0.15) is 0 Å². The van der Waals surface area contributed by atoms with Crippen LogP contribution in [0.1, 0.15) is 21.7 Å². The van der Waals surface area contributed by atoms with E-state index in [0.717, 1.165) is 46.9 Å². The van der Waals surface area contributed by atoms with Gasteiger partial charge in [0.25, 0.3) is 0 Å². The van der Waals surface area contributed by atoms with E-state index in [1.807, 2.05) is 53.1 Å². The highest BCUT2D eigenvalue weighted by atomic mass is 16.5. The van der Waals surface area contributed by atoms with Gasteiger partial charge in [0, 0.05) is 30.9 Å². The van der Waals surface area contributed by atoms with Crippen LogP contribution in [-0.2, 0) is 4.74 Å². The van der Waals surface area contributed by atoms with E-state index in [-0.39, 0.29) is 5.56 Å². The number of imidazole rings is 1. The summed E-state index contributed by atoms with van der Waals surface area (Å²) in [6.45, 7) is 2.73. The second kappa shape index (κ2) is 9.20. The Bertz CT molecular complexity index is 1600. The lowest BCUT2D eigenvalue weighted by Crippen LogP contribution is -2.37. The molecule has 178 valence electrons. The third kappa shape index (κ3) is 4.16. The number of rotatable bonds is 5. The van der Waals surface area contributed by atoms with Crippen LogP contribution in [0.15, 0.2) is 67.1 Å². The summed E-state index contributed by atoms with van der Waals surface area (Å²) in [4.78, 5) is 32.1. The number of aromatic nitrogens is 5. The van der Waals surface area contributed by atoms with Crippen LogP contribution in [0.5, 0.6) is 0 Å². The lowest BCUT2D eigenvalue weighted by Gasteiger charge is -2.28. The SMILES string of the molecule is O=C(O)c1ccc(-c2cnc(N3CCOCC3)c3nc(C=Cc4ccc5ccccc5n4)cn23)nc1. The molecule has 0 aliphatic carbocycles. The van der Waals surface area contributed by atoms with Crippen molar-refractivity contribution in [3.05, 3.63) is 84.1 Å². The van der Waals surface area contributed by atoms with Crippen LogP contribution in [0.25, 0.3) is 40.1 Å². The number of ether oxygens (including phenoxy) is 1. The standard InChI is InChI=1S/C27H22N6O3/c34-27(35)19-6-10-23(28-15-19)24-16-29-25(32-11-13-36-14-12-32)26-31-21(17-33(24)26)9-8-20-7-5-18-3-1-2-4-22(18)30-20/h1-10,15-17H,11-14H2,(H,34,35). The van der Waals surface area contributed by atoms with Gasteiger partial charge >= 0.3 is 5.97 Å². The van der Waals surface area contributed by atoms with Crippen LogP contribution in [0.4, 0.5) is 5.82 Å². The Labute approximate surface area is 206 Å². The molecule has 9 heteroatoms. The average molecular weight is 479 g/mol. The number of benzene rings is 1. The minimum absolute atomic E-state index is 0.130. The molecule has 5 aromatic rings. The van der Waals surface area contributed by atoms with E-state index in [1.165, 1.54) is 12.3 Å². The lowest BCUT2D eigenvalue weighted by atomic mass is 10.2. The first-order valence-corrected chi connectivity index (χ1v) is 11.6. The molecule has 0 amide bonds. The molecular formula is C27H22N6O3. The van der Waals surface area contributed by atoms with E-state index in [9.17, 15) is 9.90 Å². The van der Waals surface area contributed by atoms with Gasteiger partial charge in [-0.05, 0) is 36.4 Å². The molecule has 1 aromatic carbocycles. The molecule has 5 heterocycles. The van der Waals surface area contributed by atoms with E-state index >= 15 is 0 Å². The molecule has 0 radical (unpaired) electrons. The summed E-state index contributed by atoms with van der Waals surface area (Å²) in [5, 5.41) is 10.3. The topological polar surface area (TPSA) is 106 Å². The van der Waals surface area contributed by atoms with Crippen molar-refractivity contribution in [3.8, 4) is 11.4 Å². The molecular weight excluding hydrogens is 456 g/mol. The van der Waals surface area contributed by atoms with Crippen molar-refractivity contribution in [2.75, 3.05) is 31.2 Å². The molecule has 1 aliphatic heterocycles. The molecule has 0 saturated carbocycles. The van der Waals surface area contributed by atoms with E-state index in [2.05, 4.69) is 16.0 Å². The van der Waals surface area contributed by atoms with E-state index in [4.69, 9.17) is 19.7 Å². The monoisotopic (exact) mass is 478 g/mol. The van der Waals surface area contributed by atoms with Crippen LogP contribution >= 0.6 is 0 Å². The number of fused-ring (bicyclic) bond motifs is 2. The number of pyridine rings is 2. The summed E-state index contributed by atoms with van der Waals surface area (Å²) < 4.78 is 7.46. The number of hydrogen-bond acceptors (Lipinski definition) is 7. The van der Waals surface area contributed by atoms with Crippen molar-refractivity contribution in [1.82, 2.24) is 24.3 Å². The predicted molar refractivity (Wildman–Crippen MR) is 137 cm³/mol. The maximum Gasteiger partial charge on any atom is 0.337 e. The van der Waals surface area contributed by atoms with Crippen LogP contribution < -0.4 is 4.90 Å². The van der Waals surface area contributed by atoms with Gasteiger partial charge in [0.05, 0.1) is 53.3 Å². The Balaban J connectivity index is 1.42. The van der Waals surface area contributed by atoms with Gasteiger partial charge in [-0.25, -0.2) is 19.7 Å². The van der Waals surface area contributed by atoms with Crippen molar-refractivity contribution >= 4 is 40.5 Å². The van der Waals surface area contributed by atoms with Crippen LogP contribution in [0.2, 0.25) is 0 Å². The zero-order valence-electron chi connectivity index (χ0n) is 19.3. The fourth-order valence-electron chi connectivity index (χ4n) is 4.27. The maximum atomic E-state index is 11.2. The minimum Gasteiger partial charge on any atom is -0.478 e. The van der Waals surface area contributed by atoms with Crippen LogP contribution in [0.3, 0.4) is 0 Å². The second-order valence-corrected chi connectivity index (χ2v) is 8.43. The molecule has 0 bridgehead atoms. The highest BCUT2D eigenvalue weighted by Gasteiger charge is 2.20. The van der Waals surface area contributed by atoms with E-state index < -0.39 is 5.97 Å². The maximum absolute atomic E-state index is 11.2. The van der Waals surface area contributed by atoms with Crippen molar-refractivity contribution < 1.29 is 14.6 Å². The highest BCUT2D eigenvalue weighted by molar-refractivity contribution is 5.87. The molecule has 0 atom stereocenters. The van der Waals surface area contributed by atoms with Gasteiger partial charge in [0.2, 0.25) is 0 Å². The Morgan fingerprint density at radius 3 is 2.56 bits per heavy atom. The van der Waals surface area contributed by atoms with Gasteiger partial charge < -0.3 is 14.7 Å². The zero-order valence-corrected chi connectivity index (χ0v) is 19.3. The third-order valence-corrected chi connectivity index (χ3v) is 6.12. The van der Waals surface area contributed by atoms with Crippen molar-refractivity contribution in [3.63, 3.8) is 0 Å². The van der Waals surface area contributed by atoms with Crippen LogP contribution in [-0.4, -0.2) is 61.7 Å². The molecule has 1 N–H and O–H groups in total. The van der Waals surface area contributed by atoms with Gasteiger partial charge in [0.1, 0.15) is 0 Å². The van der Waals surface area contributed by atoms with E-state index in [1.54, 1.807) is 12.3 Å². The molecule has 36 heavy (non-hydrogen) atoms. The average Bonchev–Trinajstić information content (AvgIpc) is 3.36. The number of carboxylic acids is 1. The molecule has 0 unspecified atom stereocenters. The Morgan fingerprint density at radius 2 is 1.75 bits per heavy atom. The quantitative estimate of drug-likeness (QED) is 0.403. The molecule has 9 nitrogen and oxygen atoms in total. The fraction of sp³-hybridized carbons (Fsp3) is 0.148. The van der Waals surface area contributed by atoms with Gasteiger partial charge in [-0.1, -0.05) is 24.3 Å². The van der Waals surface area contributed by atoms with Crippen molar-refractivity contribution in [2.45, 2.75) is 0 Å². The number of anilines is 1. The first-order chi connectivity index (χ1) is 17.7. The summed E-state index contributed by atoms with van der Waals surface area (Å²) in [7, 11) is 0. The summed E-state index contributed by atoms with van der Waals surface area (Å²) in [5.41, 5.74) is 4.67. The highest BCUT2D eigenvalue weighted by Crippen LogP contribution is 2.26. The largest absolute Gasteiger partial charge is 0.478 e. The van der Waals surface area contributed by atoms with Crippen molar-refractivity contribution in [1.29, 1.82) is 0 Å². The molecule has 4 aromatic heterocycles. The lowest BCUT2D eigenvalue weighted by molar-refractivity contribution is 0.0696. The number of aromatic carboxylic acids is 1. The number of para-hydroxylation sites is 1. The zero-order chi connectivity index (χ0) is 24.5. The second-order valence-electron chi connectivity index (χ2n) is 8.43. The summed E-state index contributed by atoms with van der Waals surface area (Å²) in [5.74, 6) is -0.245. The number of carbonyl (C=O) groups is 1. The van der Waals surface area contributed by atoms with E-state index in [0.29, 0.717) is 24.6 Å². The summed E-state index contributed by atoms with van der Waals surface area (Å²) in [6.07, 6.45) is 8.90. The minimum atomic E-state index is -1.02. The number of carboxylic acid groups (broad SMARTS) is 1. The smallest absolute Gasteiger partial charge is 0.337 e. The summed E-state index contributed by atoms with van der Waals surface area (Å²) >= 11 is 0. The first-order valence-electron chi connectivity index (χ1n) is 11.6. The Kier molecular flexibility index (Phi) is 5.59. The summed E-state index contributed by atoms with van der Waals surface area (Å²) in [6, 6.07) is 15.3. The fourth-order valence-corrected chi connectivity index (χ4v) is 4.27. The molecule has 6 rings (SSSR count). The van der Waals surface area contributed by atoms with Gasteiger partial charge in [-0.15, -0.1) is 0 Å². The van der Waals surface area contributed by atoms with Gasteiger partial charge in [0.15, 0.2) is 11.5 Å². The first kappa shape index (κ1) is 21.9. The number of nitrogens with zero attached hydrogens (tertiary/aromatic N) is 6. The van der Waals surface area contributed by atoms with Crippen molar-refractivity contribution in [2.24, 2.45) is 0 Å². The Morgan fingerprint density at radius 1 is 0.917 bits per heavy atom. The Hall–Kier alpha value is -4.63. The molecule has 1 aliphatic rings. The predicted octanol–water partition coefficient (Wildman–Crippen LogP) is 4.04. The number of morpholine rings is 1. The third-order valence-electron chi connectivity index (χ3n) is 6.12. The molecule has 0 spiro atoms. The normalized spacial score (nSPS) is 14.2. The molecule has 1 fully saturated rings. The number of hydrogen-bond donors (Lipinski definition) is 1.